The minimum absolute atomic E-state index is 0.0463. The van der Waals surface area contributed by atoms with Crippen molar-refractivity contribution in [1.29, 1.82) is 0 Å². The second-order valence-corrected chi connectivity index (χ2v) is 6.95. The predicted molar refractivity (Wildman–Crippen MR) is 110 cm³/mol. The van der Waals surface area contributed by atoms with E-state index in [1.807, 2.05) is 18.2 Å². The van der Waals surface area contributed by atoms with Crippen molar-refractivity contribution in [2.45, 2.75) is 32.4 Å². The van der Waals surface area contributed by atoms with Crippen LogP contribution >= 0.6 is 11.6 Å². The number of unbranched alkanes of at least 4 members (excludes halogenated alkanes) is 1. The molecule has 1 heterocycles. The van der Waals surface area contributed by atoms with Crippen molar-refractivity contribution in [3.8, 4) is 0 Å². The summed E-state index contributed by atoms with van der Waals surface area (Å²) in [4.78, 5) is 7.87. The van der Waals surface area contributed by atoms with E-state index in [0.717, 1.165) is 31.0 Å². The number of halogens is 4. The molecular weight excluding hydrogens is 401 g/mol. The molecule has 2 aromatic carbocycles. The second kappa shape index (κ2) is 9.13. The molecule has 152 valence electrons. The van der Waals surface area contributed by atoms with Gasteiger partial charge in [-0.05, 0) is 54.8 Å². The molecule has 0 bridgehead atoms. The van der Waals surface area contributed by atoms with Gasteiger partial charge in [0.15, 0.2) is 0 Å². The molecule has 0 aliphatic heterocycles. The molecule has 1 aromatic heterocycles. The summed E-state index contributed by atoms with van der Waals surface area (Å²) in [5.41, 5.74) is 1.28. The zero-order chi connectivity index (χ0) is 20.9. The van der Waals surface area contributed by atoms with Crippen LogP contribution in [0.25, 0.3) is 0 Å². The first kappa shape index (κ1) is 20.9. The van der Waals surface area contributed by atoms with Crippen LogP contribution in [0, 0.1) is 0 Å². The number of rotatable bonds is 7. The van der Waals surface area contributed by atoms with E-state index in [4.69, 9.17) is 11.6 Å². The Kier molecular flexibility index (Phi) is 6.59. The number of benzene rings is 2. The maximum Gasteiger partial charge on any atom is 0.421 e. The van der Waals surface area contributed by atoms with Crippen LogP contribution in [0.15, 0.2) is 54.7 Å². The number of anilines is 4. The summed E-state index contributed by atoms with van der Waals surface area (Å²) in [6.07, 6.45) is -0.887. The maximum absolute atomic E-state index is 13.4. The molecule has 0 saturated heterocycles. The van der Waals surface area contributed by atoms with E-state index in [-0.39, 0.29) is 11.8 Å². The number of hydrogen-bond donors (Lipinski definition) is 2. The second-order valence-electron chi connectivity index (χ2n) is 6.51. The minimum atomic E-state index is -4.58. The highest BCUT2D eigenvalue weighted by Crippen LogP contribution is 2.35. The molecule has 3 rings (SSSR count). The van der Waals surface area contributed by atoms with E-state index in [9.17, 15) is 13.2 Å². The molecule has 0 atom stereocenters. The lowest BCUT2D eigenvalue weighted by atomic mass is 10.1. The van der Waals surface area contributed by atoms with Crippen molar-refractivity contribution < 1.29 is 13.2 Å². The van der Waals surface area contributed by atoms with E-state index < -0.39 is 11.7 Å². The van der Waals surface area contributed by atoms with Crippen molar-refractivity contribution >= 4 is 34.7 Å². The average Bonchev–Trinajstić information content (AvgIpc) is 2.68. The largest absolute Gasteiger partial charge is 0.421 e. The smallest absolute Gasteiger partial charge is 0.340 e. The van der Waals surface area contributed by atoms with Crippen LogP contribution < -0.4 is 10.6 Å². The van der Waals surface area contributed by atoms with Gasteiger partial charge in [0.2, 0.25) is 5.95 Å². The Bertz CT molecular complexity index is 959. The monoisotopic (exact) mass is 420 g/mol. The summed E-state index contributed by atoms with van der Waals surface area (Å²) < 4.78 is 40.3. The zero-order valence-electron chi connectivity index (χ0n) is 15.7. The zero-order valence-corrected chi connectivity index (χ0v) is 16.5. The standard InChI is InChI=1S/C21H20ClF3N4/c1-2-3-5-14-6-4-7-17(12-14)27-19-18(21(23,24)25)13-26-20(29-19)28-16-10-8-15(22)9-11-16/h4,6-13H,2-3,5H2,1H3,(H2,26,27,28,29). The highest BCUT2D eigenvalue weighted by atomic mass is 35.5. The lowest BCUT2D eigenvalue weighted by molar-refractivity contribution is -0.137. The van der Waals surface area contributed by atoms with Gasteiger partial charge in [-0.15, -0.1) is 0 Å². The van der Waals surface area contributed by atoms with Gasteiger partial charge in [-0.25, -0.2) is 4.98 Å². The van der Waals surface area contributed by atoms with Crippen LogP contribution in [0.2, 0.25) is 5.02 Å². The van der Waals surface area contributed by atoms with Crippen molar-refractivity contribution in [2.24, 2.45) is 0 Å². The van der Waals surface area contributed by atoms with Gasteiger partial charge in [0.05, 0.1) is 0 Å². The molecule has 8 heteroatoms. The van der Waals surface area contributed by atoms with E-state index in [1.165, 1.54) is 0 Å². The van der Waals surface area contributed by atoms with Crippen LogP contribution in [0.5, 0.6) is 0 Å². The van der Waals surface area contributed by atoms with Gasteiger partial charge in [-0.2, -0.15) is 18.2 Å². The normalized spacial score (nSPS) is 11.3. The highest BCUT2D eigenvalue weighted by Gasteiger charge is 2.35. The number of nitrogens with one attached hydrogen (secondary N) is 2. The fourth-order valence-electron chi connectivity index (χ4n) is 2.73. The Morgan fingerprint density at radius 3 is 2.45 bits per heavy atom. The summed E-state index contributed by atoms with van der Waals surface area (Å²) in [5.74, 6) is -0.262. The SMILES string of the molecule is CCCCc1cccc(Nc2nc(Nc3ccc(Cl)cc3)ncc2C(F)(F)F)c1. The van der Waals surface area contributed by atoms with Gasteiger partial charge in [0, 0.05) is 22.6 Å². The Labute approximate surface area is 172 Å². The lowest BCUT2D eigenvalue weighted by Crippen LogP contribution is -2.12. The third-order valence-corrected chi connectivity index (χ3v) is 4.46. The highest BCUT2D eigenvalue weighted by molar-refractivity contribution is 6.30. The van der Waals surface area contributed by atoms with Crippen LogP contribution in [0.1, 0.15) is 30.9 Å². The van der Waals surface area contributed by atoms with Crippen LogP contribution in [-0.2, 0) is 12.6 Å². The maximum atomic E-state index is 13.4. The molecule has 0 radical (unpaired) electrons. The van der Waals surface area contributed by atoms with E-state index >= 15 is 0 Å². The number of aryl methyl sites for hydroxylation is 1. The summed E-state index contributed by atoms with van der Waals surface area (Å²) in [5, 5.41) is 6.24. The lowest BCUT2D eigenvalue weighted by Gasteiger charge is -2.15. The minimum Gasteiger partial charge on any atom is -0.340 e. The topological polar surface area (TPSA) is 49.8 Å². The molecule has 29 heavy (non-hydrogen) atoms. The molecule has 4 nitrogen and oxygen atoms in total. The molecule has 0 amide bonds. The summed E-state index contributed by atoms with van der Waals surface area (Å²) in [6.45, 7) is 2.09. The van der Waals surface area contributed by atoms with E-state index in [2.05, 4.69) is 27.5 Å². The molecule has 0 fully saturated rings. The summed E-state index contributed by atoms with van der Waals surface area (Å²) in [6, 6.07) is 14.0. The molecule has 0 aliphatic rings. The third-order valence-electron chi connectivity index (χ3n) is 4.20. The van der Waals surface area contributed by atoms with Crippen LogP contribution in [0.4, 0.5) is 36.3 Å². The molecule has 0 saturated carbocycles. The number of alkyl halides is 3. The third kappa shape index (κ3) is 5.84. The fourth-order valence-corrected chi connectivity index (χ4v) is 2.86. The Hall–Kier alpha value is -2.80. The Morgan fingerprint density at radius 2 is 1.76 bits per heavy atom. The van der Waals surface area contributed by atoms with Crippen molar-refractivity contribution in [2.75, 3.05) is 10.6 Å². The van der Waals surface area contributed by atoms with Gasteiger partial charge in [0.1, 0.15) is 11.4 Å². The summed E-state index contributed by atoms with van der Waals surface area (Å²) in [7, 11) is 0. The van der Waals surface area contributed by atoms with E-state index in [1.54, 1.807) is 30.3 Å². The first-order valence-electron chi connectivity index (χ1n) is 9.18. The molecule has 0 unspecified atom stereocenters. The van der Waals surface area contributed by atoms with Crippen LogP contribution in [0.3, 0.4) is 0 Å². The Balaban J connectivity index is 1.89. The number of hydrogen-bond acceptors (Lipinski definition) is 4. The van der Waals surface area contributed by atoms with Gasteiger partial charge in [-0.3, -0.25) is 0 Å². The van der Waals surface area contributed by atoms with Gasteiger partial charge in [-0.1, -0.05) is 37.1 Å². The van der Waals surface area contributed by atoms with Crippen molar-refractivity contribution in [3.63, 3.8) is 0 Å². The van der Waals surface area contributed by atoms with Crippen molar-refractivity contribution in [1.82, 2.24) is 9.97 Å². The molecule has 0 aliphatic carbocycles. The number of aromatic nitrogens is 2. The Morgan fingerprint density at radius 1 is 1.00 bits per heavy atom. The fraction of sp³-hybridized carbons (Fsp3) is 0.238. The predicted octanol–water partition coefficient (Wildman–Crippen LogP) is 6.98. The van der Waals surface area contributed by atoms with Gasteiger partial charge >= 0.3 is 6.18 Å². The van der Waals surface area contributed by atoms with Crippen molar-refractivity contribution in [3.05, 3.63) is 70.9 Å². The number of nitrogens with zero attached hydrogens (tertiary/aromatic N) is 2. The summed E-state index contributed by atoms with van der Waals surface area (Å²) >= 11 is 5.85. The molecule has 3 aromatic rings. The molecule has 0 spiro atoms. The van der Waals surface area contributed by atoms with Gasteiger partial charge in [0.25, 0.3) is 0 Å². The quantitative estimate of drug-likeness (QED) is 0.433. The first-order valence-corrected chi connectivity index (χ1v) is 9.55. The molecule has 2 N–H and O–H groups in total. The van der Waals surface area contributed by atoms with Gasteiger partial charge < -0.3 is 10.6 Å². The molecular formula is C21H20ClF3N4. The average molecular weight is 421 g/mol. The van der Waals surface area contributed by atoms with E-state index in [0.29, 0.717) is 16.4 Å². The van der Waals surface area contributed by atoms with Crippen LogP contribution in [-0.4, -0.2) is 9.97 Å². The first-order chi connectivity index (χ1) is 13.8.